The summed E-state index contributed by atoms with van der Waals surface area (Å²) in [6.45, 7) is 8.49. The van der Waals surface area contributed by atoms with E-state index in [-0.39, 0.29) is 36.0 Å². The highest BCUT2D eigenvalue weighted by Crippen LogP contribution is 2.43. The molecule has 4 amide bonds. The van der Waals surface area contributed by atoms with Crippen LogP contribution in [0.3, 0.4) is 0 Å². The Hall–Kier alpha value is -5.69. The van der Waals surface area contributed by atoms with Gasteiger partial charge in [0.1, 0.15) is 11.9 Å². The van der Waals surface area contributed by atoms with Crippen LogP contribution in [0.25, 0.3) is 0 Å². The summed E-state index contributed by atoms with van der Waals surface area (Å²) < 4.78 is 40.4. The number of likely N-dealkylation sites (tertiary alicyclic amines) is 1. The van der Waals surface area contributed by atoms with Gasteiger partial charge in [0.25, 0.3) is 5.91 Å². The van der Waals surface area contributed by atoms with E-state index in [2.05, 4.69) is 36.4 Å². The number of piperidine rings is 4. The summed E-state index contributed by atoms with van der Waals surface area (Å²) in [5, 5.41) is 14.4. The van der Waals surface area contributed by atoms with Crippen molar-refractivity contribution in [3.05, 3.63) is 77.0 Å². The topological polar surface area (TPSA) is 145 Å². The number of rotatable bonds is 8. The number of amides is 4. The summed E-state index contributed by atoms with van der Waals surface area (Å²) in [6, 6.07) is 14.6. The van der Waals surface area contributed by atoms with E-state index in [0.29, 0.717) is 67.3 Å². The van der Waals surface area contributed by atoms with Crippen LogP contribution in [-0.2, 0) is 27.1 Å². The summed E-state index contributed by atoms with van der Waals surface area (Å²) in [6.07, 6.45) is 3.28. The molecule has 13 nitrogen and oxygen atoms in total. The first kappa shape index (κ1) is 40.7. The SMILES string of the molecule is N#Cc1ccc(N2CCC(C(=O)Nc3ccc(N4CCC(CN5CC6(CCN(c7ccc8c(c7)CN(C7CCC(=O)NC7=O)C8=O)CC6)C5)CC4)cn3)CC2)cc1C(F)(F)F. The van der Waals surface area contributed by atoms with Gasteiger partial charge in [-0.2, -0.15) is 18.4 Å². The van der Waals surface area contributed by atoms with E-state index in [1.807, 2.05) is 35.4 Å². The molecule has 9 rings (SSSR count). The van der Waals surface area contributed by atoms with E-state index in [1.165, 1.54) is 12.1 Å². The van der Waals surface area contributed by atoms with Gasteiger partial charge >= 0.3 is 6.18 Å². The first-order valence-electron chi connectivity index (χ1n) is 21.5. The minimum absolute atomic E-state index is 0.141. The van der Waals surface area contributed by atoms with Crippen LogP contribution in [-0.4, -0.2) is 103 Å². The second-order valence-corrected chi connectivity index (χ2v) is 17.8. The lowest BCUT2D eigenvalue weighted by Crippen LogP contribution is -2.61. The Morgan fingerprint density at radius 1 is 0.852 bits per heavy atom. The maximum absolute atomic E-state index is 13.5. The van der Waals surface area contributed by atoms with Crippen molar-refractivity contribution in [3.8, 4) is 6.07 Å². The highest BCUT2D eigenvalue weighted by Gasteiger charge is 2.46. The predicted octanol–water partition coefficient (Wildman–Crippen LogP) is 5.41. The molecule has 0 aliphatic carbocycles. The van der Waals surface area contributed by atoms with E-state index in [0.717, 1.165) is 94.5 Å². The Bertz CT molecular complexity index is 2230. The Morgan fingerprint density at radius 2 is 1.51 bits per heavy atom. The number of aromatic nitrogens is 1. The van der Waals surface area contributed by atoms with Crippen molar-refractivity contribution < 1.29 is 32.3 Å². The molecule has 2 aromatic carbocycles. The molecule has 0 saturated carbocycles. The summed E-state index contributed by atoms with van der Waals surface area (Å²) in [4.78, 5) is 65.7. The van der Waals surface area contributed by atoms with Crippen molar-refractivity contribution in [2.75, 3.05) is 78.9 Å². The van der Waals surface area contributed by atoms with Crippen LogP contribution in [0.2, 0.25) is 0 Å². The van der Waals surface area contributed by atoms with Gasteiger partial charge in [0.05, 0.1) is 29.1 Å². The maximum Gasteiger partial charge on any atom is 0.417 e. The van der Waals surface area contributed by atoms with Crippen LogP contribution in [0.4, 0.5) is 36.1 Å². The lowest BCUT2D eigenvalue weighted by molar-refractivity contribution is -0.138. The lowest BCUT2D eigenvalue weighted by Gasteiger charge is -2.55. The minimum Gasteiger partial charge on any atom is -0.371 e. The second-order valence-electron chi connectivity index (χ2n) is 17.8. The zero-order valence-corrected chi connectivity index (χ0v) is 34.1. The number of nitrogens with one attached hydrogen (secondary N) is 2. The quantitative estimate of drug-likeness (QED) is 0.283. The number of fused-ring (bicyclic) bond motifs is 1. The van der Waals surface area contributed by atoms with Crippen LogP contribution < -0.4 is 25.3 Å². The molecule has 1 aromatic heterocycles. The van der Waals surface area contributed by atoms with Gasteiger partial charge in [-0.3, -0.25) is 24.5 Å². The number of anilines is 4. The molecule has 6 aliphatic heterocycles. The van der Waals surface area contributed by atoms with Crippen LogP contribution in [0.1, 0.15) is 78.4 Å². The van der Waals surface area contributed by atoms with Gasteiger partial charge in [-0.1, -0.05) is 0 Å². The summed E-state index contributed by atoms with van der Waals surface area (Å²) in [7, 11) is 0. The summed E-state index contributed by atoms with van der Waals surface area (Å²) in [5.74, 6) is -0.115. The molecule has 1 unspecified atom stereocenters. The number of nitrogens with zero attached hydrogens (tertiary/aromatic N) is 7. The normalized spacial score (nSPS) is 22.5. The van der Waals surface area contributed by atoms with Crippen LogP contribution in [0, 0.1) is 28.6 Å². The van der Waals surface area contributed by atoms with E-state index in [4.69, 9.17) is 5.26 Å². The molecule has 2 N–H and O–H groups in total. The van der Waals surface area contributed by atoms with Gasteiger partial charge in [0.2, 0.25) is 17.7 Å². The van der Waals surface area contributed by atoms with E-state index >= 15 is 0 Å². The van der Waals surface area contributed by atoms with Gasteiger partial charge in [0.15, 0.2) is 0 Å². The molecule has 3 aromatic rings. The van der Waals surface area contributed by atoms with Gasteiger partial charge < -0.3 is 29.8 Å². The molecular formula is C45H50F3N9O4. The van der Waals surface area contributed by atoms with Crippen molar-refractivity contribution in [2.45, 2.75) is 70.1 Å². The largest absolute Gasteiger partial charge is 0.417 e. The molecule has 1 atom stereocenters. The zero-order valence-electron chi connectivity index (χ0n) is 34.1. The molecule has 1 spiro atoms. The van der Waals surface area contributed by atoms with Crippen molar-refractivity contribution in [2.24, 2.45) is 17.3 Å². The van der Waals surface area contributed by atoms with Gasteiger partial charge in [-0.15, -0.1) is 0 Å². The fourth-order valence-electron chi connectivity index (χ4n) is 10.4. The van der Waals surface area contributed by atoms with Gasteiger partial charge in [-0.05, 0) is 110 Å². The molecule has 5 saturated heterocycles. The predicted molar refractivity (Wildman–Crippen MR) is 222 cm³/mol. The smallest absolute Gasteiger partial charge is 0.371 e. The number of hydrogen-bond donors (Lipinski definition) is 2. The van der Waals surface area contributed by atoms with Crippen LogP contribution in [0.15, 0.2) is 54.7 Å². The van der Waals surface area contributed by atoms with Crippen molar-refractivity contribution in [1.29, 1.82) is 5.26 Å². The molecule has 320 valence electrons. The van der Waals surface area contributed by atoms with Gasteiger partial charge in [-0.25, -0.2) is 4.98 Å². The third-order valence-corrected chi connectivity index (χ3v) is 14.0. The molecule has 6 aliphatic rings. The standard InChI is InChI=1S/C45H50F3N9O4/c46-45(47,48)37-22-34(2-1-31(37)23-49)54-17-11-30(12-18-54)41(59)51-39-7-4-35(24-50-39)55-15-9-29(10-16-55)25-53-27-44(28-53)13-19-56(20-14-44)33-3-5-36-32(21-33)26-57(43(36)61)38-6-8-40(58)52-42(38)60/h1-5,7,21-22,24,29-30,38H,6,8-20,25-28H2,(H,50,51,59)(H,52,58,60). The maximum atomic E-state index is 13.5. The average Bonchev–Trinajstić information content (AvgIpc) is 3.58. The van der Waals surface area contributed by atoms with E-state index < -0.39 is 23.3 Å². The van der Waals surface area contributed by atoms with Crippen LogP contribution in [0.5, 0.6) is 0 Å². The summed E-state index contributed by atoms with van der Waals surface area (Å²) >= 11 is 0. The zero-order chi connectivity index (χ0) is 42.5. The Morgan fingerprint density at radius 3 is 2.18 bits per heavy atom. The third kappa shape index (κ3) is 8.36. The fourth-order valence-corrected chi connectivity index (χ4v) is 10.4. The average molecular weight is 838 g/mol. The molecule has 0 bridgehead atoms. The number of nitriles is 1. The van der Waals surface area contributed by atoms with E-state index in [9.17, 15) is 32.3 Å². The van der Waals surface area contributed by atoms with Crippen LogP contribution >= 0.6 is 0 Å². The lowest BCUT2D eigenvalue weighted by atomic mass is 9.71. The minimum atomic E-state index is -4.62. The first-order chi connectivity index (χ1) is 29.3. The Labute approximate surface area is 352 Å². The molecular weight excluding hydrogens is 788 g/mol. The number of alkyl halides is 3. The van der Waals surface area contributed by atoms with Gasteiger partial charge in [0, 0.05) is 94.7 Å². The number of halogens is 3. The fraction of sp³-hybridized carbons (Fsp3) is 0.511. The second kappa shape index (κ2) is 16.3. The molecule has 7 heterocycles. The molecule has 0 radical (unpaired) electrons. The third-order valence-electron chi connectivity index (χ3n) is 14.0. The molecule has 16 heteroatoms. The Kier molecular flexibility index (Phi) is 10.9. The Balaban J connectivity index is 0.684. The highest BCUT2D eigenvalue weighted by molar-refractivity contribution is 6.05. The number of carbonyl (C=O) groups is 4. The summed E-state index contributed by atoms with van der Waals surface area (Å²) in [5.41, 5.74) is 3.15. The molecule has 61 heavy (non-hydrogen) atoms. The van der Waals surface area contributed by atoms with Crippen molar-refractivity contribution in [3.63, 3.8) is 0 Å². The number of carbonyl (C=O) groups excluding carboxylic acids is 4. The number of benzene rings is 2. The van der Waals surface area contributed by atoms with Crippen molar-refractivity contribution in [1.82, 2.24) is 20.1 Å². The van der Waals surface area contributed by atoms with E-state index in [1.54, 1.807) is 11.0 Å². The molecule has 5 fully saturated rings. The number of pyridine rings is 1. The first-order valence-corrected chi connectivity index (χ1v) is 21.5. The monoisotopic (exact) mass is 837 g/mol. The highest BCUT2D eigenvalue weighted by atomic mass is 19.4. The number of hydrogen-bond acceptors (Lipinski definition) is 10. The number of imide groups is 1. The van der Waals surface area contributed by atoms with Crippen molar-refractivity contribution >= 4 is 46.5 Å².